The van der Waals surface area contributed by atoms with Crippen molar-refractivity contribution in [2.24, 2.45) is 0 Å². The summed E-state index contributed by atoms with van der Waals surface area (Å²) in [6.07, 6.45) is 5.64. The molecule has 2 aromatic carbocycles. The molecular formula is C35H42N6O6. The highest BCUT2D eigenvalue weighted by molar-refractivity contribution is 6.04. The molecule has 1 aliphatic heterocycles. The normalized spacial score (nSPS) is 14.7. The number of aromatic nitrogens is 4. The second-order valence-corrected chi connectivity index (χ2v) is 12.4. The summed E-state index contributed by atoms with van der Waals surface area (Å²) in [6, 6.07) is 10.5. The number of ether oxygens (including phenoxy) is 3. The minimum atomic E-state index is -0.604. The third-order valence-electron chi connectivity index (χ3n) is 7.90. The summed E-state index contributed by atoms with van der Waals surface area (Å²) in [7, 11) is 2.63. The van der Waals surface area contributed by atoms with Crippen molar-refractivity contribution in [3.63, 3.8) is 0 Å². The summed E-state index contributed by atoms with van der Waals surface area (Å²) in [5.41, 5.74) is 3.82. The van der Waals surface area contributed by atoms with Gasteiger partial charge in [0.1, 0.15) is 17.2 Å². The number of imidazole rings is 2. The zero-order valence-corrected chi connectivity index (χ0v) is 27.7. The Morgan fingerprint density at radius 1 is 0.915 bits per heavy atom. The SMILES string of the molecule is CCCNCc1ncc(-c2ccc(-c3ccc(-c4cnc([C@@H]5CCCN5C(=O)OC(C)(C)C)[nH]4)cc3C(=O)OC)c(C(=O)OC)c2)[nH]1. The Hall–Kier alpha value is -4.97. The molecular weight excluding hydrogens is 600 g/mol. The smallest absolute Gasteiger partial charge is 0.410 e. The molecule has 5 rings (SSSR count). The number of nitrogens with one attached hydrogen (secondary N) is 3. The van der Waals surface area contributed by atoms with Crippen LogP contribution in [0.15, 0.2) is 48.8 Å². The Balaban J connectivity index is 1.47. The van der Waals surface area contributed by atoms with Crippen LogP contribution in [-0.2, 0) is 20.8 Å². The van der Waals surface area contributed by atoms with Gasteiger partial charge < -0.3 is 29.5 Å². The summed E-state index contributed by atoms with van der Waals surface area (Å²) in [6.45, 7) is 9.69. The van der Waals surface area contributed by atoms with Crippen molar-refractivity contribution in [2.75, 3.05) is 27.3 Å². The molecule has 0 saturated carbocycles. The summed E-state index contributed by atoms with van der Waals surface area (Å²) >= 11 is 0. The lowest BCUT2D eigenvalue weighted by Crippen LogP contribution is -2.36. The molecule has 47 heavy (non-hydrogen) atoms. The number of methoxy groups -OCH3 is 2. The molecule has 0 spiro atoms. The molecule has 1 amide bonds. The predicted molar refractivity (Wildman–Crippen MR) is 177 cm³/mol. The van der Waals surface area contributed by atoms with Crippen molar-refractivity contribution < 1.29 is 28.6 Å². The molecule has 1 fully saturated rings. The summed E-state index contributed by atoms with van der Waals surface area (Å²) in [5, 5.41) is 3.31. The van der Waals surface area contributed by atoms with Crippen LogP contribution in [0.25, 0.3) is 33.6 Å². The fourth-order valence-corrected chi connectivity index (χ4v) is 5.68. The number of hydrogen-bond acceptors (Lipinski definition) is 9. The fourth-order valence-electron chi connectivity index (χ4n) is 5.68. The first kappa shape index (κ1) is 33.4. The van der Waals surface area contributed by atoms with Crippen LogP contribution in [-0.4, -0.2) is 75.8 Å². The van der Waals surface area contributed by atoms with E-state index in [-0.39, 0.29) is 23.3 Å². The molecule has 0 unspecified atom stereocenters. The van der Waals surface area contributed by atoms with Crippen molar-refractivity contribution >= 4 is 18.0 Å². The van der Waals surface area contributed by atoms with Gasteiger partial charge in [-0.3, -0.25) is 4.90 Å². The Morgan fingerprint density at radius 3 is 2.09 bits per heavy atom. The van der Waals surface area contributed by atoms with Gasteiger partial charge in [0, 0.05) is 17.7 Å². The molecule has 0 aliphatic carbocycles. The highest BCUT2D eigenvalue weighted by Gasteiger charge is 2.35. The van der Waals surface area contributed by atoms with Crippen LogP contribution >= 0.6 is 0 Å². The summed E-state index contributed by atoms with van der Waals surface area (Å²) in [4.78, 5) is 56.5. The molecule has 0 bridgehead atoms. The van der Waals surface area contributed by atoms with Gasteiger partial charge in [-0.05, 0) is 69.8 Å². The maximum Gasteiger partial charge on any atom is 0.410 e. The van der Waals surface area contributed by atoms with Crippen LogP contribution in [0.2, 0.25) is 0 Å². The molecule has 4 aromatic rings. The van der Waals surface area contributed by atoms with Gasteiger partial charge in [-0.15, -0.1) is 0 Å². The Labute approximate surface area is 274 Å². The largest absolute Gasteiger partial charge is 0.465 e. The van der Waals surface area contributed by atoms with E-state index < -0.39 is 17.5 Å². The third kappa shape index (κ3) is 7.54. The molecule has 2 aromatic heterocycles. The topological polar surface area (TPSA) is 152 Å². The maximum absolute atomic E-state index is 13.1. The van der Waals surface area contributed by atoms with E-state index in [0.717, 1.165) is 42.9 Å². The van der Waals surface area contributed by atoms with Gasteiger partial charge in [0.2, 0.25) is 0 Å². The van der Waals surface area contributed by atoms with Crippen LogP contribution in [0, 0.1) is 0 Å². The Kier molecular flexibility index (Phi) is 10.1. The number of likely N-dealkylation sites (tertiary alicyclic amines) is 1. The third-order valence-corrected chi connectivity index (χ3v) is 7.90. The zero-order chi connectivity index (χ0) is 33.7. The van der Waals surface area contributed by atoms with Crippen LogP contribution in [0.1, 0.15) is 85.4 Å². The predicted octanol–water partition coefficient (Wildman–Crippen LogP) is 6.28. The van der Waals surface area contributed by atoms with Gasteiger partial charge in [0.05, 0.1) is 61.7 Å². The molecule has 1 atom stereocenters. The second kappa shape index (κ2) is 14.2. The number of benzene rings is 2. The van der Waals surface area contributed by atoms with Crippen LogP contribution in [0.4, 0.5) is 4.79 Å². The number of aromatic amines is 2. The average molecular weight is 643 g/mol. The van der Waals surface area contributed by atoms with Crippen LogP contribution in [0.3, 0.4) is 0 Å². The number of esters is 2. The number of H-pyrrole nitrogens is 2. The van der Waals surface area contributed by atoms with Gasteiger partial charge in [-0.1, -0.05) is 31.2 Å². The fraction of sp³-hybridized carbons (Fsp3) is 0.400. The van der Waals surface area contributed by atoms with Crippen LogP contribution < -0.4 is 5.32 Å². The first-order valence-corrected chi connectivity index (χ1v) is 15.8. The quantitative estimate of drug-likeness (QED) is 0.103. The first-order chi connectivity index (χ1) is 22.5. The van der Waals surface area contributed by atoms with E-state index in [4.69, 9.17) is 14.2 Å². The van der Waals surface area contributed by atoms with E-state index in [1.54, 1.807) is 41.6 Å². The van der Waals surface area contributed by atoms with Gasteiger partial charge in [-0.2, -0.15) is 0 Å². The van der Waals surface area contributed by atoms with E-state index in [2.05, 4.69) is 32.2 Å². The number of nitrogens with zero attached hydrogens (tertiary/aromatic N) is 3. The Morgan fingerprint density at radius 2 is 1.51 bits per heavy atom. The molecule has 1 aliphatic rings. The standard InChI is InChI=1S/C35H42N6O6/c1-7-14-36-20-30-37-18-27(39-30)21-10-12-23(25(16-21)32(42)45-5)24-13-11-22(17-26(24)33(43)46-6)28-19-38-31(40-28)29-9-8-15-41(29)34(44)47-35(2,3)4/h10-13,16-19,29,36H,7-9,14-15,20H2,1-6H3,(H,37,39)(H,38,40)/t29-/m0/s1. The molecule has 0 radical (unpaired) electrons. The number of carbonyl (C=O) groups excluding carboxylic acids is 3. The number of carbonyl (C=O) groups is 3. The molecule has 1 saturated heterocycles. The lowest BCUT2D eigenvalue weighted by Gasteiger charge is -2.27. The highest BCUT2D eigenvalue weighted by Crippen LogP contribution is 2.36. The number of amides is 1. The second-order valence-electron chi connectivity index (χ2n) is 12.4. The van der Waals surface area contributed by atoms with E-state index in [9.17, 15) is 14.4 Å². The first-order valence-electron chi connectivity index (χ1n) is 15.8. The van der Waals surface area contributed by atoms with Crippen molar-refractivity contribution in [1.29, 1.82) is 0 Å². The van der Waals surface area contributed by atoms with Crippen molar-refractivity contribution in [3.8, 4) is 33.6 Å². The highest BCUT2D eigenvalue weighted by atomic mass is 16.6. The number of rotatable bonds is 10. The van der Waals surface area contributed by atoms with E-state index in [0.29, 0.717) is 41.3 Å². The van der Waals surface area contributed by atoms with E-state index in [1.807, 2.05) is 32.9 Å². The van der Waals surface area contributed by atoms with Gasteiger partial charge in [0.25, 0.3) is 0 Å². The summed E-state index contributed by atoms with van der Waals surface area (Å²) in [5.74, 6) is 0.313. The minimum absolute atomic E-state index is 0.252. The lowest BCUT2D eigenvalue weighted by molar-refractivity contribution is 0.0218. The van der Waals surface area contributed by atoms with Crippen LogP contribution in [0.5, 0.6) is 0 Å². The van der Waals surface area contributed by atoms with Gasteiger partial charge >= 0.3 is 18.0 Å². The number of hydrogen-bond donors (Lipinski definition) is 3. The zero-order valence-electron chi connectivity index (χ0n) is 27.7. The van der Waals surface area contributed by atoms with Crippen molar-refractivity contribution in [3.05, 3.63) is 71.6 Å². The van der Waals surface area contributed by atoms with Crippen molar-refractivity contribution in [2.45, 2.75) is 65.1 Å². The molecule has 3 N–H and O–H groups in total. The van der Waals surface area contributed by atoms with E-state index in [1.165, 1.54) is 14.2 Å². The van der Waals surface area contributed by atoms with E-state index >= 15 is 0 Å². The van der Waals surface area contributed by atoms with Gasteiger partial charge in [0.15, 0.2) is 0 Å². The average Bonchev–Trinajstić information content (AvgIpc) is 3.84. The summed E-state index contributed by atoms with van der Waals surface area (Å²) < 4.78 is 15.9. The molecule has 248 valence electrons. The molecule has 12 nitrogen and oxygen atoms in total. The van der Waals surface area contributed by atoms with Gasteiger partial charge in [-0.25, -0.2) is 24.4 Å². The lowest BCUT2D eigenvalue weighted by atomic mass is 9.91. The molecule has 12 heteroatoms. The monoisotopic (exact) mass is 642 g/mol. The minimum Gasteiger partial charge on any atom is -0.465 e. The molecule has 3 heterocycles. The maximum atomic E-state index is 13.1. The Bertz CT molecular complexity index is 1750. The van der Waals surface area contributed by atoms with Crippen molar-refractivity contribution in [1.82, 2.24) is 30.2 Å².